The van der Waals surface area contributed by atoms with Gasteiger partial charge in [-0.3, -0.25) is 0 Å². The van der Waals surface area contributed by atoms with Gasteiger partial charge in [-0.15, -0.1) is 0 Å². The number of fused-ring (bicyclic) bond motifs is 1. The van der Waals surface area contributed by atoms with Gasteiger partial charge in [-0.05, 0) is 80.1 Å². The van der Waals surface area contributed by atoms with Crippen molar-refractivity contribution >= 4 is 11.3 Å². The molecule has 4 rings (SSSR count). The molecule has 0 fully saturated rings. The summed E-state index contributed by atoms with van der Waals surface area (Å²) in [7, 11) is 1.57. The van der Waals surface area contributed by atoms with Crippen molar-refractivity contribution in [3.63, 3.8) is 0 Å². The number of benzene rings is 3. The van der Waals surface area contributed by atoms with Crippen LogP contribution in [0.2, 0.25) is 0 Å². The summed E-state index contributed by atoms with van der Waals surface area (Å²) in [6.45, 7) is 13.3. The minimum atomic E-state index is -0.322. The van der Waals surface area contributed by atoms with Crippen LogP contribution in [0, 0.1) is 12.7 Å². The number of aryl methyl sites for hydroxylation is 1. The first-order valence-electron chi connectivity index (χ1n) is 11.8. The van der Waals surface area contributed by atoms with Gasteiger partial charge in [0.1, 0.15) is 23.9 Å². The highest BCUT2D eigenvalue weighted by Crippen LogP contribution is 2.43. The highest BCUT2D eigenvalue weighted by molar-refractivity contribution is 5.88. The number of hydrogen-bond donors (Lipinski definition) is 1. The van der Waals surface area contributed by atoms with Crippen LogP contribution >= 0.6 is 0 Å². The molecule has 4 heteroatoms. The maximum absolute atomic E-state index is 14.0. The largest absolute Gasteiger partial charge is 0.496 e. The van der Waals surface area contributed by atoms with Gasteiger partial charge in [-0.2, -0.15) is 0 Å². The fourth-order valence-electron chi connectivity index (χ4n) is 4.77. The van der Waals surface area contributed by atoms with Crippen molar-refractivity contribution in [2.45, 2.75) is 59.6 Å². The van der Waals surface area contributed by atoms with Gasteiger partial charge < -0.3 is 14.8 Å². The molecule has 0 saturated heterocycles. The van der Waals surface area contributed by atoms with Gasteiger partial charge in [-0.25, -0.2) is 4.39 Å². The van der Waals surface area contributed by atoms with Gasteiger partial charge in [0.05, 0.1) is 12.6 Å². The Bertz CT molecular complexity index is 1260. The summed E-state index contributed by atoms with van der Waals surface area (Å²) >= 11 is 0. The van der Waals surface area contributed by atoms with Gasteiger partial charge in [0.25, 0.3) is 0 Å². The minimum Gasteiger partial charge on any atom is -0.496 e. The van der Waals surface area contributed by atoms with E-state index >= 15 is 0 Å². The first kappa shape index (κ1) is 23.9. The Morgan fingerprint density at radius 3 is 2.38 bits per heavy atom. The Hall–Kier alpha value is -3.27. The standard InChI is InChI=1S/C30H34FNO2/c1-18(2)21-9-8-19(3)27(14-21)34-17-25-23(24-11-10-22(31)15-28(24)33-7)12-13-26-29(25)20(4)16-30(5,6)32-26/h8-16,18,32H,17H2,1-7H3. The third kappa shape index (κ3) is 4.68. The molecular weight excluding hydrogens is 425 g/mol. The molecule has 1 aliphatic rings. The Labute approximate surface area is 202 Å². The van der Waals surface area contributed by atoms with Crippen LogP contribution in [0.5, 0.6) is 11.5 Å². The fourth-order valence-corrected chi connectivity index (χ4v) is 4.77. The van der Waals surface area contributed by atoms with Crippen LogP contribution in [0.1, 0.15) is 62.8 Å². The normalized spacial score (nSPS) is 14.3. The molecule has 1 aliphatic heterocycles. The average molecular weight is 460 g/mol. The summed E-state index contributed by atoms with van der Waals surface area (Å²) in [6.07, 6.45) is 2.25. The summed E-state index contributed by atoms with van der Waals surface area (Å²) in [5.74, 6) is 1.48. The van der Waals surface area contributed by atoms with Crippen molar-refractivity contribution in [3.8, 4) is 22.6 Å². The summed E-state index contributed by atoms with van der Waals surface area (Å²) in [6, 6.07) is 15.3. The van der Waals surface area contributed by atoms with E-state index < -0.39 is 0 Å². The second-order valence-electron chi connectivity index (χ2n) is 10.0. The van der Waals surface area contributed by atoms with E-state index in [9.17, 15) is 4.39 Å². The fraction of sp³-hybridized carbons (Fsp3) is 0.333. The molecule has 0 aromatic heterocycles. The maximum Gasteiger partial charge on any atom is 0.129 e. The SMILES string of the molecule is COc1cc(F)ccc1-c1ccc2c(c1COc1cc(C(C)C)ccc1C)C(C)=CC(C)(C)N2. The lowest BCUT2D eigenvalue weighted by atomic mass is 9.85. The first-order chi connectivity index (χ1) is 16.1. The Kier molecular flexibility index (Phi) is 6.44. The van der Waals surface area contributed by atoms with Gasteiger partial charge in [0.15, 0.2) is 0 Å². The zero-order chi connectivity index (χ0) is 24.6. The number of halogens is 1. The summed E-state index contributed by atoms with van der Waals surface area (Å²) in [5, 5.41) is 3.63. The highest BCUT2D eigenvalue weighted by atomic mass is 19.1. The molecule has 1 heterocycles. The van der Waals surface area contributed by atoms with Crippen molar-refractivity contribution in [1.82, 2.24) is 0 Å². The van der Waals surface area contributed by atoms with E-state index in [0.29, 0.717) is 18.3 Å². The molecule has 1 N–H and O–H groups in total. The lowest BCUT2D eigenvalue weighted by Gasteiger charge is -2.33. The molecular formula is C30H34FNO2. The second-order valence-corrected chi connectivity index (χ2v) is 10.0. The summed E-state index contributed by atoms with van der Waals surface area (Å²) < 4.78 is 26.0. The van der Waals surface area contributed by atoms with Crippen LogP contribution in [-0.4, -0.2) is 12.6 Å². The zero-order valence-corrected chi connectivity index (χ0v) is 21.2. The smallest absolute Gasteiger partial charge is 0.129 e. The zero-order valence-electron chi connectivity index (χ0n) is 21.2. The predicted molar refractivity (Wildman–Crippen MR) is 139 cm³/mol. The lowest BCUT2D eigenvalue weighted by Crippen LogP contribution is -2.32. The Morgan fingerprint density at radius 2 is 1.68 bits per heavy atom. The molecule has 3 aromatic carbocycles. The second kappa shape index (κ2) is 9.17. The van der Waals surface area contributed by atoms with Crippen molar-refractivity contribution in [3.05, 3.63) is 82.7 Å². The van der Waals surface area contributed by atoms with Gasteiger partial charge in [0, 0.05) is 28.4 Å². The molecule has 34 heavy (non-hydrogen) atoms. The predicted octanol–water partition coefficient (Wildman–Crippen LogP) is 8.12. The summed E-state index contributed by atoms with van der Waals surface area (Å²) in [5.41, 5.74) is 8.45. The monoisotopic (exact) mass is 459 g/mol. The Balaban J connectivity index is 1.86. The molecule has 3 aromatic rings. The van der Waals surface area contributed by atoms with E-state index in [1.54, 1.807) is 13.2 Å². The van der Waals surface area contributed by atoms with Crippen LogP contribution in [0.25, 0.3) is 16.7 Å². The molecule has 0 bridgehead atoms. The third-order valence-corrected chi connectivity index (χ3v) is 6.45. The topological polar surface area (TPSA) is 30.5 Å². The molecule has 0 aliphatic carbocycles. The number of methoxy groups -OCH3 is 1. The van der Waals surface area contributed by atoms with Crippen molar-refractivity contribution in [2.24, 2.45) is 0 Å². The van der Waals surface area contributed by atoms with Crippen molar-refractivity contribution in [1.29, 1.82) is 0 Å². The molecule has 3 nitrogen and oxygen atoms in total. The number of rotatable bonds is 6. The maximum atomic E-state index is 14.0. The van der Waals surface area contributed by atoms with Gasteiger partial charge >= 0.3 is 0 Å². The molecule has 0 atom stereocenters. The molecule has 0 saturated carbocycles. The van der Waals surface area contributed by atoms with Crippen LogP contribution in [0.15, 0.2) is 54.6 Å². The Morgan fingerprint density at radius 1 is 0.941 bits per heavy atom. The van der Waals surface area contributed by atoms with Crippen LogP contribution in [0.3, 0.4) is 0 Å². The number of anilines is 1. The quantitative estimate of drug-likeness (QED) is 0.404. The van der Waals surface area contributed by atoms with Gasteiger partial charge in [0.2, 0.25) is 0 Å². The molecule has 178 valence electrons. The highest BCUT2D eigenvalue weighted by Gasteiger charge is 2.27. The van der Waals surface area contributed by atoms with E-state index in [2.05, 4.69) is 83.3 Å². The number of ether oxygens (including phenoxy) is 2. The van der Waals surface area contributed by atoms with Crippen molar-refractivity contribution in [2.75, 3.05) is 12.4 Å². The third-order valence-electron chi connectivity index (χ3n) is 6.45. The number of allylic oxidation sites excluding steroid dienone is 1. The molecule has 0 radical (unpaired) electrons. The molecule has 0 unspecified atom stereocenters. The summed E-state index contributed by atoms with van der Waals surface area (Å²) in [4.78, 5) is 0. The lowest BCUT2D eigenvalue weighted by molar-refractivity contribution is 0.304. The van der Waals surface area contributed by atoms with Crippen molar-refractivity contribution < 1.29 is 13.9 Å². The van der Waals surface area contributed by atoms with E-state index in [1.807, 2.05) is 0 Å². The average Bonchev–Trinajstić information content (AvgIpc) is 2.77. The number of hydrogen-bond acceptors (Lipinski definition) is 3. The number of nitrogens with one attached hydrogen (secondary N) is 1. The molecule has 0 amide bonds. The molecule has 0 spiro atoms. The van der Waals surface area contributed by atoms with Crippen LogP contribution in [-0.2, 0) is 6.61 Å². The van der Waals surface area contributed by atoms with E-state index in [1.165, 1.54) is 23.3 Å². The van der Waals surface area contributed by atoms with Gasteiger partial charge in [-0.1, -0.05) is 38.1 Å². The first-order valence-corrected chi connectivity index (χ1v) is 11.8. The van der Waals surface area contributed by atoms with E-state index in [-0.39, 0.29) is 11.4 Å². The van der Waals surface area contributed by atoms with E-state index in [0.717, 1.165) is 39.3 Å². The van der Waals surface area contributed by atoms with Crippen LogP contribution < -0.4 is 14.8 Å². The van der Waals surface area contributed by atoms with Crippen LogP contribution in [0.4, 0.5) is 10.1 Å². The van der Waals surface area contributed by atoms with E-state index in [4.69, 9.17) is 9.47 Å². The minimum absolute atomic E-state index is 0.146.